The Bertz CT molecular complexity index is 430. The lowest BCUT2D eigenvalue weighted by Crippen LogP contribution is -2.43. The summed E-state index contributed by atoms with van der Waals surface area (Å²) in [7, 11) is 1.61. The van der Waals surface area contributed by atoms with Gasteiger partial charge in [-0.2, -0.15) is 0 Å². The number of morpholine rings is 1. The second-order valence-corrected chi connectivity index (χ2v) is 5.08. The van der Waals surface area contributed by atoms with Crippen LogP contribution in [-0.2, 0) is 16.0 Å². The average Bonchev–Trinajstić information content (AvgIpc) is 2.40. The fourth-order valence-corrected chi connectivity index (χ4v) is 2.37. The molecule has 1 aliphatic heterocycles. The van der Waals surface area contributed by atoms with Gasteiger partial charge in [-0.05, 0) is 18.2 Å². The van der Waals surface area contributed by atoms with Gasteiger partial charge in [0.1, 0.15) is 11.9 Å². The molecule has 0 amide bonds. The van der Waals surface area contributed by atoms with Gasteiger partial charge in [-0.3, -0.25) is 4.79 Å². The molecule has 18 heavy (non-hydrogen) atoms. The number of rotatable bonds is 4. The number of benzene rings is 1. The van der Waals surface area contributed by atoms with E-state index in [2.05, 4.69) is 21.2 Å². The fraction of sp³-hybridized carbons (Fsp3) is 0.462. The third-order valence-corrected chi connectivity index (χ3v) is 3.39. The molecule has 0 radical (unpaired) electrons. The molecule has 0 bridgehead atoms. The number of hydrogen-bond acceptors (Lipinski definition) is 4. The largest absolute Gasteiger partial charge is 0.496 e. The number of hydrogen-bond donors (Lipinski definition) is 1. The summed E-state index contributed by atoms with van der Waals surface area (Å²) in [4.78, 5) is 12.1. The molecule has 1 aliphatic rings. The van der Waals surface area contributed by atoms with Crippen molar-refractivity contribution in [3.63, 3.8) is 0 Å². The monoisotopic (exact) mass is 313 g/mol. The number of Topliss-reactive ketones (excluding diaryl/α,β-unsaturated/α-hetero) is 1. The first-order valence-electron chi connectivity index (χ1n) is 5.88. The first kappa shape index (κ1) is 13.5. The molecule has 0 spiro atoms. The molecule has 0 aromatic heterocycles. The summed E-state index contributed by atoms with van der Waals surface area (Å²) in [6, 6.07) is 5.66. The topological polar surface area (TPSA) is 47.6 Å². The van der Waals surface area contributed by atoms with Crippen molar-refractivity contribution in [2.75, 3.05) is 26.8 Å². The van der Waals surface area contributed by atoms with Gasteiger partial charge in [0.05, 0.1) is 13.7 Å². The van der Waals surface area contributed by atoms with Gasteiger partial charge in [-0.25, -0.2) is 0 Å². The SMILES string of the molecule is COc1ccc(Br)cc1CC(=O)C1CNCCO1. The molecule has 0 aliphatic carbocycles. The van der Waals surface area contributed by atoms with Crippen molar-refractivity contribution in [1.29, 1.82) is 0 Å². The number of methoxy groups -OCH3 is 1. The van der Waals surface area contributed by atoms with Crippen LogP contribution in [0.1, 0.15) is 5.56 Å². The molecule has 5 heteroatoms. The zero-order chi connectivity index (χ0) is 13.0. The molecule has 1 aromatic carbocycles. The third kappa shape index (κ3) is 3.31. The van der Waals surface area contributed by atoms with Crippen LogP contribution in [-0.4, -0.2) is 38.7 Å². The highest BCUT2D eigenvalue weighted by atomic mass is 79.9. The Labute approximate surface area is 115 Å². The number of nitrogens with one attached hydrogen (secondary N) is 1. The van der Waals surface area contributed by atoms with E-state index in [1.165, 1.54) is 0 Å². The summed E-state index contributed by atoms with van der Waals surface area (Å²) < 4.78 is 11.6. The lowest BCUT2D eigenvalue weighted by Gasteiger charge is -2.22. The molecule has 1 unspecified atom stereocenters. The third-order valence-electron chi connectivity index (χ3n) is 2.89. The number of ketones is 1. The van der Waals surface area contributed by atoms with Crippen LogP contribution in [0, 0.1) is 0 Å². The van der Waals surface area contributed by atoms with Crippen molar-refractivity contribution in [3.05, 3.63) is 28.2 Å². The minimum absolute atomic E-state index is 0.0820. The van der Waals surface area contributed by atoms with Gasteiger partial charge in [0.15, 0.2) is 5.78 Å². The van der Waals surface area contributed by atoms with Gasteiger partial charge in [0, 0.05) is 29.5 Å². The number of carbonyl (C=O) groups is 1. The van der Waals surface area contributed by atoms with Crippen LogP contribution >= 0.6 is 15.9 Å². The summed E-state index contributed by atoms with van der Waals surface area (Å²) in [5.74, 6) is 0.814. The maximum absolute atomic E-state index is 12.1. The number of carbonyl (C=O) groups excluding carboxylic acids is 1. The van der Waals surface area contributed by atoms with Crippen LogP contribution in [0.5, 0.6) is 5.75 Å². The van der Waals surface area contributed by atoms with Crippen LogP contribution in [0.4, 0.5) is 0 Å². The standard InChI is InChI=1S/C13H16BrNO3/c1-17-12-3-2-10(14)6-9(12)7-11(16)13-8-15-4-5-18-13/h2-3,6,13,15H,4-5,7-8H2,1H3. The summed E-state index contributed by atoms with van der Waals surface area (Å²) in [5, 5.41) is 3.16. The zero-order valence-corrected chi connectivity index (χ0v) is 11.8. The Kier molecular flexibility index (Phi) is 4.74. The van der Waals surface area contributed by atoms with Crippen molar-refractivity contribution in [2.45, 2.75) is 12.5 Å². The van der Waals surface area contributed by atoms with Gasteiger partial charge in [0.25, 0.3) is 0 Å². The van der Waals surface area contributed by atoms with Crippen LogP contribution in [0.15, 0.2) is 22.7 Å². The van der Waals surface area contributed by atoms with E-state index in [-0.39, 0.29) is 11.9 Å². The van der Waals surface area contributed by atoms with Crippen LogP contribution in [0.2, 0.25) is 0 Å². The molecule has 4 nitrogen and oxygen atoms in total. The quantitative estimate of drug-likeness (QED) is 0.916. The lowest BCUT2D eigenvalue weighted by atomic mass is 10.0. The Balaban J connectivity index is 2.07. The molecular formula is C13H16BrNO3. The summed E-state index contributed by atoms with van der Waals surface area (Å²) >= 11 is 3.40. The highest BCUT2D eigenvalue weighted by Gasteiger charge is 2.22. The Hall–Kier alpha value is -0.910. The molecule has 1 atom stereocenters. The highest BCUT2D eigenvalue weighted by molar-refractivity contribution is 9.10. The van der Waals surface area contributed by atoms with Crippen LogP contribution in [0.25, 0.3) is 0 Å². The lowest BCUT2D eigenvalue weighted by molar-refractivity contribution is -0.131. The normalized spacial score (nSPS) is 19.6. The predicted molar refractivity (Wildman–Crippen MR) is 72.0 cm³/mol. The van der Waals surface area contributed by atoms with Crippen LogP contribution in [0.3, 0.4) is 0 Å². The molecule has 1 N–H and O–H groups in total. The Morgan fingerprint density at radius 1 is 1.61 bits per heavy atom. The van der Waals surface area contributed by atoms with Crippen molar-refractivity contribution in [3.8, 4) is 5.75 Å². The predicted octanol–water partition coefficient (Wildman–Crippen LogP) is 1.56. The minimum atomic E-state index is -0.345. The smallest absolute Gasteiger partial charge is 0.167 e. The van der Waals surface area contributed by atoms with Gasteiger partial charge >= 0.3 is 0 Å². The average molecular weight is 314 g/mol. The second-order valence-electron chi connectivity index (χ2n) is 4.16. The van der Waals surface area contributed by atoms with E-state index in [1.807, 2.05) is 18.2 Å². The van der Waals surface area contributed by atoms with Crippen LogP contribution < -0.4 is 10.1 Å². The van der Waals surface area contributed by atoms with Crippen molar-refractivity contribution in [1.82, 2.24) is 5.32 Å². The van der Waals surface area contributed by atoms with Crippen molar-refractivity contribution < 1.29 is 14.3 Å². The molecule has 1 fully saturated rings. The van der Waals surface area contributed by atoms with Gasteiger partial charge in [-0.1, -0.05) is 15.9 Å². The molecule has 98 valence electrons. The van der Waals surface area contributed by atoms with Gasteiger partial charge < -0.3 is 14.8 Å². The summed E-state index contributed by atoms with van der Waals surface area (Å²) in [6.45, 7) is 1.99. The van der Waals surface area contributed by atoms with E-state index < -0.39 is 0 Å². The molecule has 0 saturated carbocycles. The van der Waals surface area contributed by atoms with Crippen molar-refractivity contribution in [2.24, 2.45) is 0 Å². The second kappa shape index (κ2) is 6.31. The maximum Gasteiger partial charge on any atom is 0.167 e. The Morgan fingerprint density at radius 2 is 2.44 bits per heavy atom. The molecule has 1 heterocycles. The molecule has 2 rings (SSSR count). The number of ether oxygens (including phenoxy) is 2. The maximum atomic E-state index is 12.1. The zero-order valence-electron chi connectivity index (χ0n) is 10.2. The summed E-state index contributed by atoms with van der Waals surface area (Å²) in [5.41, 5.74) is 0.881. The van der Waals surface area contributed by atoms with Crippen molar-refractivity contribution >= 4 is 21.7 Å². The Morgan fingerprint density at radius 3 is 3.11 bits per heavy atom. The molecule has 1 saturated heterocycles. The van der Waals surface area contributed by atoms with Gasteiger partial charge in [0.2, 0.25) is 0 Å². The van der Waals surface area contributed by atoms with E-state index in [0.29, 0.717) is 19.6 Å². The minimum Gasteiger partial charge on any atom is -0.496 e. The first-order chi connectivity index (χ1) is 8.70. The first-order valence-corrected chi connectivity index (χ1v) is 6.67. The van der Waals surface area contributed by atoms with E-state index >= 15 is 0 Å². The number of halogens is 1. The summed E-state index contributed by atoms with van der Waals surface area (Å²) in [6.07, 6.45) is -0.0166. The fourth-order valence-electron chi connectivity index (χ4n) is 1.96. The van der Waals surface area contributed by atoms with E-state index in [4.69, 9.17) is 9.47 Å². The van der Waals surface area contributed by atoms with E-state index in [1.54, 1.807) is 7.11 Å². The van der Waals surface area contributed by atoms with E-state index in [0.717, 1.165) is 22.3 Å². The van der Waals surface area contributed by atoms with E-state index in [9.17, 15) is 4.79 Å². The molecular weight excluding hydrogens is 298 g/mol. The highest BCUT2D eigenvalue weighted by Crippen LogP contribution is 2.24. The molecule has 1 aromatic rings. The van der Waals surface area contributed by atoms with Gasteiger partial charge in [-0.15, -0.1) is 0 Å².